The Morgan fingerprint density at radius 1 is 1.61 bits per heavy atom. The van der Waals surface area contributed by atoms with E-state index in [0.717, 1.165) is 8.04 Å². The Balaban J connectivity index is 2.76. The first-order chi connectivity index (χ1) is 8.58. The predicted octanol–water partition coefficient (Wildman–Crippen LogP) is 2.18. The van der Waals surface area contributed by atoms with Crippen LogP contribution in [0.5, 0.6) is 0 Å². The van der Waals surface area contributed by atoms with Crippen LogP contribution in [0, 0.1) is 3.57 Å². The second kappa shape index (κ2) is 8.08. The van der Waals surface area contributed by atoms with Gasteiger partial charge in [-0.3, -0.25) is 4.79 Å². The van der Waals surface area contributed by atoms with Crippen molar-refractivity contribution in [3.05, 3.63) is 31.8 Å². The topological polar surface area (TPSA) is 58.6 Å². The molecule has 6 heteroatoms. The van der Waals surface area contributed by atoms with E-state index in [1.807, 2.05) is 18.2 Å². The molecule has 0 aliphatic heterocycles. The van der Waals surface area contributed by atoms with Crippen molar-refractivity contribution in [3.63, 3.8) is 0 Å². The van der Waals surface area contributed by atoms with E-state index in [9.17, 15) is 4.79 Å². The smallest absolute Gasteiger partial charge is 0.252 e. The summed E-state index contributed by atoms with van der Waals surface area (Å²) in [4.78, 5) is 12.1. The monoisotopic (exact) mass is 427 g/mol. The van der Waals surface area contributed by atoms with Gasteiger partial charge in [-0.05, 0) is 63.1 Å². The molecule has 1 aromatic carbocycles. The molecular weight excluding hydrogens is 413 g/mol. The van der Waals surface area contributed by atoms with Gasteiger partial charge in [0.05, 0.1) is 18.2 Å². The predicted molar refractivity (Wildman–Crippen MR) is 81.7 cm³/mol. The van der Waals surface area contributed by atoms with Gasteiger partial charge >= 0.3 is 0 Å². The maximum Gasteiger partial charge on any atom is 0.252 e. The van der Waals surface area contributed by atoms with Crippen LogP contribution in [0.15, 0.2) is 22.7 Å². The molecule has 0 bridgehead atoms. The number of amides is 1. The first-order valence-electron chi connectivity index (χ1n) is 5.44. The van der Waals surface area contributed by atoms with Gasteiger partial charge in [-0.15, -0.1) is 0 Å². The molecule has 0 saturated carbocycles. The number of halogens is 2. The highest BCUT2D eigenvalue weighted by Crippen LogP contribution is 2.19. The van der Waals surface area contributed by atoms with Crippen LogP contribution in [0.2, 0.25) is 0 Å². The van der Waals surface area contributed by atoms with Crippen molar-refractivity contribution in [2.45, 2.75) is 12.5 Å². The normalized spacial score (nSPS) is 12.2. The number of carbonyl (C=O) groups excluding carboxylic acids is 1. The van der Waals surface area contributed by atoms with E-state index < -0.39 is 0 Å². The summed E-state index contributed by atoms with van der Waals surface area (Å²) in [6.07, 6.45) is 0.473. The maximum absolute atomic E-state index is 12.1. The number of ether oxygens (including phenoxy) is 1. The van der Waals surface area contributed by atoms with Crippen molar-refractivity contribution in [1.29, 1.82) is 0 Å². The highest BCUT2D eigenvalue weighted by atomic mass is 127. The molecule has 1 amide bonds. The Labute approximate surface area is 128 Å². The summed E-state index contributed by atoms with van der Waals surface area (Å²) in [5, 5.41) is 11.8. The first kappa shape index (κ1) is 15.9. The van der Waals surface area contributed by atoms with Crippen LogP contribution in [0.1, 0.15) is 16.8 Å². The SMILES string of the molecule is COCC(CCO)NC(=O)c1cc(I)ccc1Br. The quantitative estimate of drug-likeness (QED) is 0.684. The summed E-state index contributed by atoms with van der Waals surface area (Å²) < 4.78 is 6.75. The fraction of sp³-hybridized carbons (Fsp3) is 0.417. The molecule has 18 heavy (non-hydrogen) atoms. The molecule has 0 aliphatic carbocycles. The van der Waals surface area contributed by atoms with Crippen molar-refractivity contribution in [1.82, 2.24) is 5.32 Å². The first-order valence-corrected chi connectivity index (χ1v) is 7.31. The second-order valence-corrected chi connectivity index (χ2v) is 5.86. The van der Waals surface area contributed by atoms with Gasteiger partial charge in [-0.25, -0.2) is 0 Å². The van der Waals surface area contributed by atoms with Gasteiger partial charge in [0.2, 0.25) is 0 Å². The average molecular weight is 428 g/mol. The summed E-state index contributed by atoms with van der Waals surface area (Å²) >= 11 is 5.51. The fourth-order valence-corrected chi connectivity index (χ4v) is 2.41. The zero-order chi connectivity index (χ0) is 13.5. The highest BCUT2D eigenvalue weighted by molar-refractivity contribution is 14.1. The highest BCUT2D eigenvalue weighted by Gasteiger charge is 2.15. The largest absolute Gasteiger partial charge is 0.396 e. The number of hydrogen-bond donors (Lipinski definition) is 2. The number of aliphatic hydroxyl groups is 1. The lowest BCUT2D eigenvalue weighted by atomic mass is 10.1. The van der Waals surface area contributed by atoms with Gasteiger partial charge in [-0.1, -0.05) is 0 Å². The van der Waals surface area contributed by atoms with Gasteiger partial charge < -0.3 is 15.2 Å². The van der Waals surface area contributed by atoms with E-state index in [4.69, 9.17) is 9.84 Å². The van der Waals surface area contributed by atoms with E-state index >= 15 is 0 Å². The second-order valence-electron chi connectivity index (χ2n) is 3.76. The molecule has 1 aromatic rings. The van der Waals surface area contributed by atoms with Crippen LogP contribution < -0.4 is 5.32 Å². The molecule has 1 atom stereocenters. The zero-order valence-corrected chi connectivity index (χ0v) is 13.7. The Bertz CT molecular complexity index is 408. The lowest BCUT2D eigenvalue weighted by Gasteiger charge is -2.17. The molecule has 0 radical (unpaired) electrons. The summed E-state index contributed by atoms with van der Waals surface area (Å²) in [6, 6.07) is 5.38. The lowest BCUT2D eigenvalue weighted by molar-refractivity contribution is 0.0878. The lowest BCUT2D eigenvalue weighted by Crippen LogP contribution is -2.38. The Kier molecular flexibility index (Phi) is 7.13. The molecule has 1 unspecified atom stereocenters. The number of methoxy groups -OCH3 is 1. The standard InChI is InChI=1S/C12H15BrINO3/c1-18-7-9(4-5-16)15-12(17)10-6-8(14)2-3-11(10)13/h2-3,6,9,16H,4-5,7H2,1H3,(H,15,17). The van der Waals surface area contributed by atoms with Crippen LogP contribution in [0.4, 0.5) is 0 Å². The third-order valence-corrected chi connectivity index (χ3v) is 3.72. The van der Waals surface area contributed by atoms with Crippen molar-refractivity contribution in [2.75, 3.05) is 20.3 Å². The maximum atomic E-state index is 12.1. The van der Waals surface area contributed by atoms with Gasteiger partial charge in [-0.2, -0.15) is 0 Å². The minimum Gasteiger partial charge on any atom is -0.396 e. The summed E-state index contributed by atoms with van der Waals surface area (Å²) in [6.45, 7) is 0.398. The Morgan fingerprint density at radius 2 is 2.33 bits per heavy atom. The number of hydrogen-bond acceptors (Lipinski definition) is 3. The molecule has 0 aliphatic rings. The Hall–Kier alpha value is -0.180. The fourth-order valence-electron chi connectivity index (χ4n) is 1.49. The average Bonchev–Trinajstić information content (AvgIpc) is 2.33. The summed E-state index contributed by atoms with van der Waals surface area (Å²) in [5.41, 5.74) is 0.584. The Morgan fingerprint density at radius 3 is 2.94 bits per heavy atom. The minimum absolute atomic E-state index is 0.0157. The number of aliphatic hydroxyl groups excluding tert-OH is 1. The molecule has 1 rings (SSSR count). The van der Waals surface area contributed by atoms with Crippen LogP contribution in [-0.2, 0) is 4.74 Å². The molecule has 0 heterocycles. The molecule has 0 spiro atoms. The molecule has 4 nitrogen and oxygen atoms in total. The van der Waals surface area contributed by atoms with Gasteiger partial charge in [0.1, 0.15) is 0 Å². The van der Waals surface area contributed by atoms with Gasteiger partial charge in [0, 0.05) is 21.8 Å². The van der Waals surface area contributed by atoms with Gasteiger partial charge in [0.15, 0.2) is 0 Å². The van der Waals surface area contributed by atoms with Crippen molar-refractivity contribution >= 4 is 44.4 Å². The van der Waals surface area contributed by atoms with E-state index in [1.165, 1.54) is 0 Å². The van der Waals surface area contributed by atoms with E-state index in [-0.39, 0.29) is 18.6 Å². The van der Waals surface area contributed by atoms with Crippen molar-refractivity contribution in [2.24, 2.45) is 0 Å². The third-order valence-electron chi connectivity index (χ3n) is 2.35. The number of nitrogens with one attached hydrogen (secondary N) is 1. The molecule has 0 aromatic heterocycles. The summed E-state index contributed by atoms with van der Waals surface area (Å²) in [7, 11) is 1.57. The van der Waals surface area contributed by atoms with E-state index in [2.05, 4.69) is 43.8 Å². The molecular formula is C12H15BrINO3. The van der Waals surface area contributed by atoms with Crippen LogP contribution in [0.3, 0.4) is 0 Å². The van der Waals surface area contributed by atoms with Crippen molar-refractivity contribution in [3.8, 4) is 0 Å². The van der Waals surface area contributed by atoms with Crippen molar-refractivity contribution < 1.29 is 14.6 Å². The zero-order valence-electron chi connectivity index (χ0n) is 9.95. The number of rotatable bonds is 6. The molecule has 0 fully saturated rings. The van der Waals surface area contributed by atoms with E-state index in [0.29, 0.717) is 18.6 Å². The van der Waals surface area contributed by atoms with Crippen LogP contribution >= 0.6 is 38.5 Å². The van der Waals surface area contributed by atoms with Crippen LogP contribution in [-0.4, -0.2) is 37.4 Å². The molecule has 2 N–H and O–H groups in total. The van der Waals surface area contributed by atoms with Crippen LogP contribution in [0.25, 0.3) is 0 Å². The number of carbonyl (C=O) groups is 1. The summed E-state index contributed by atoms with van der Waals surface area (Å²) in [5.74, 6) is -0.170. The number of benzene rings is 1. The van der Waals surface area contributed by atoms with Gasteiger partial charge in [0.25, 0.3) is 5.91 Å². The minimum atomic E-state index is -0.183. The molecule has 100 valence electrons. The molecule has 0 saturated heterocycles. The third kappa shape index (κ3) is 4.83. The van der Waals surface area contributed by atoms with E-state index in [1.54, 1.807) is 7.11 Å².